The molecule has 0 saturated heterocycles. The smallest absolute Gasteiger partial charge is 0.257 e. The number of amides is 1. The predicted molar refractivity (Wildman–Crippen MR) is 126 cm³/mol. The Bertz CT molecular complexity index is 1430. The zero-order valence-corrected chi connectivity index (χ0v) is 17.9. The normalized spacial score (nSPS) is 11.3. The van der Waals surface area contributed by atoms with E-state index < -0.39 is 0 Å². The van der Waals surface area contributed by atoms with Gasteiger partial charge in [-0.2, -0.15) is 0 Å². The van der Waals surface area contributed by atoms with Crippen LogP contribution in [0.1, 0.15) is 27.2 Å². The number of fused-ring (bicyclic) bond motifs is 2. The summed E-state index contributed by atoms with van der Waals surface area (Å²) in [6.07, 6.45) is 0. The fraction of sp³-hybridized carbons (Fsp3) is 0.154. The molecule has 0 aliphatic heterocycles. The molecule has 0 aliphatic carbocycles. The van der Waals surface area contributed by atoms with Crippen LogP contribution in [0.25, 0.3) is 21.9 Å². The Hall–Kier alpha value is -3.86. The van der Waals surface area contributed by atoms with E-state index in [2.05, 4.69) is 47.5 Å². The van der Waals surface area contributed by atoms with Crippen molar-refractivity contribution in [2.45, 2.75) is 20.4 Å². The number of anilines is 1. The summed E-state index contributed by atoms with van der Waals surface area (Å²) in [5.41, 5.74) is 7.16. The number of hydrogen-bond donors (Lipinski definition) is 1. The van der Waals surface area contributed by atoms with Gasteiger partial charge < -0.3 is 9.13 Å². The average Bonchev–Trinajstić information content (AvgIpc) is 3.24. The molecule has 0 aliphatic rings. The fourth-order valence-electron chi connectivity index (χ4n) is 4.17. The summed E-state index contributed by atoms with van der Waals surface area (Å²) in [4.78, 5) is 17.9. The number of rotatable bonds is 4. The monoisotopic (exact) mass is 408 g/mol. The lowest BCUT2D eigenvalue weighted by Gasteiger charge is -2.11. The molecule has 5 aromatic rings. The minimum Gasteiger partial charge on any atom is -0.348 e. The quantitative estimate of drug-likeness (QED) is 0.430. The molecule has 0 fully saturated rings. The predicted octanol–water partition coefficient (Wildman–Crippen LogP) is 5.45. The molecule has 0 saturated carbocycles. The van der Waals surface area contributed by atoms with Crippen LogP contribution in [-0.2, 0) is 13.6 Å². The van der Waals surface area contributed by atoms with Gasteiger partial charge in [0, 0.05) is 29.2 Å². The molecule has 5 heteroatoms. The van der Waals surface area contributed by atoms with Crippen molar-refractivity contribution in [2.75, 3.05) is 5.32 Å². The number of carbonyl (C=O) groups is 1. The van der Waals surface area contributed by atoms with E-state index in [1.807, 2.05) is 60.7 Å². The zero-order valence-electron chi connectivity index (χ0n) is 17.9. The summed E-state index contributed by atoms with van der Waals surface area (Å²) in [5, 5.41) is 4.15. The van der Waals surface area contributed by atoms with Gasteiger partial charge >= 0.3 is 0 Å². The van der Waals surface area contributed by atoms with E-state index in [0.717, 1.165) is 27.5 Å². The van der Waals surface area contributed by atoms with Gasteiger partial charge in [-0.25, -0.2) is 4.98 Å². The van der Waals surface area contributed by atoms with Crippen LogP contribution in [0.3, 0.4) is 0 Å². The van der Waals surface area contributed by atoms with Crippen molar-refractivity contribution in [3.05, 3.63) is 95.2 Å². The Morgan fingerprint density at radius 2 is 1.68 bits per heavy atom. The van der Waals surface area contributed by atoms with Gasteiger partial charge in [0.25, 0.3) is 5.91 Å². The standard InChI is InChI=1S/C26H24N4O/c1-17-18(2)29(3)23-14-13-20(15-21(17)23)25(31)28-26-27-22-11-7-8-12-24(22)30(26)16-19-9-5-4-6-10-19/h4-15H,16H2,1-3H3,(H,27,28,31). The molecule has 3 aromatic carbocycles. The summed E-state index contributed by atoms with van der Waals surface area (Å²) < 4.78 is 4.21. The lowest BCUT2D eigenvalue weighted by molar-refractivity contribution is 0.102. The van der Waals surface area contributed by atoms with Gasteiger partial charge in [0.2, 0.25) is 5.95 Å². The van der Waals surface area contributed by atoms with E-state index in [0.29, 0.717) is 18.1 Å². The lowest BCUT2D eigenvalue weighted by atomic mass is 10.1. The van der Waals surface area contributed by atoms with Crippen LogP contribution in [0.2, 0.25) is 0 Å². The van der Waals surface area contributed by atoms with Crippen molar-refractivity contribution in [1.82, 2.24) is 14.1 Å². The molecule has 0 unspecified atom stereocenters. The maximum absolute atomic E-state index is 13.2. The number of imidazole rings is 1. The number of aryl methyl sites for hydroxylation is 2. The molecule has 0 radical (unpaired) electrons. The van der Waals surface area contributed by atoms with Gasteiger partial charge in [0.15, 0.2) is 0 Å². The Labute approximate surface area is 181 Å². The summed E-state index contributed by atoms with van der Waals surface area (Å²) in [6.45, 7) is 4.83. The van der Waals surface area contributed by atoms with Crippen molar-refractivity contribution in [3.63, 3.8) is 0 Å². The van der Waals surface area contributed by atoms with Crippen LogP contribution in [-0.4, -0.2) is 20.0 Å². The summed E-state index contributed by atoms with van der Waals surface area (Å²) in [6, 6.07) is 24.0. The van der Waals surface area contributed by atoms with Gasteiger partial charge in [-0.3, -0.25) is 10.1 Å². The lowest BCUT2D eigenvalue weighted by Crippen LogP contribution is -2.16. The first kappa shape index (κ1) is 19.1. The fourth-order valence-corrected chi connectivity index (χ4v) is 4.17. The molecule has 154 valence electrons. The summed E-state index contributed by atoms with van der Waals surface area (Å²) >= 11 is 0. The number of hydrogen-bond acceptors (Lipinski definition) is 2. The number of aromatic nitrogens is 3. The number of nitrogens with one attached hydrogen (secondary N) is 1. The zero-order chi connectivity index (χ0) is 21.5. The molecule has 5 nitrogen and oxygen atoms in total. The topological polar surface area (TPSA) is 51.9 Å². The molecule has 5 rings (SSSR count). The van der Waals surface area contributed by atoms with Crippen molar-refractivity contribution >= 4 is 33.8 Å². The number of carbonyl (C=O) groups excluding carboxylic acids is 1. The molecule has 2 heterocycles. The Morgan fingerprint density at radius 1 is 0.935 bits per heavy atom. The highest BCUT2D eigenvalue weighted by molar-refractivity contribution is 6.06. The second kappa shape index (κ2) is 7.43. The first-order chi connectivity index (χ1) is 15.0. The van der Waals surface area contributed by atoms with Gasteiger partial charge in [0.1, 0.15) is 0 Å². The SMILES string of the molecule is Cc1c(C)n(C)c2ccc(C(=O)Nc3nc4ccccc4n3Cc3ccccc3)cc12. The van der Waals surface area contributed by atoms with E-state index in [1.54, 1.807) is 0 Å². The van der Waals surface area contributed by atoms with E-state index in [-0.39, 0.29) is 5.91 Å². The van der Waals surface area contributed by atoms with Crippen LogP contribution in [0.4, 0.5) is 5.95 Å². The largest absolute Gasteiger partial charge is 0.348 e. The number of para-hydroxylation sites is 2. The maximum atomic E-state index is 13.2. The molecule has 0 atom stereocenters. The van der Waals surface area contributed by atoms with Crippen LogP contribution in [0, 0.1) is 13.8 Å². The van der Waals surface area contributed by atoms with Crippen molar-refractivity contribution < 1.29 is 4.79 Å². The molecule has 0 spiro atoms. The summed E-state index contributed by atoms with van der Waals surface area (Å²) in [7, 11) is 2.05. The van der Waals surface area contributed by atoms with E-state index in [9.17, 15) is 4.79 Å². The molecular weight excluding hydrogens is 384 g/mol. The van der Waals surface area contributed by atoms with Crippen molar-refractivity contribution in [1.29, 1.82) is 0 Å². The Morgan fingerprint density at radius 3 is 2.48 bits per heavy atom. The molecular formula is C26H24N4O. The second-order valence-corrected chi connectivity index (χ2v) is 7.95. The van der Waals surface area contributed by atoms with Crippen molar-refractivity contribution in [2.24, 2.45) is 7.05 Å². The van der Waals surface area contributed by atoms with Gasteiger partial charge in [-0.15, -0.1) is 0 Å². The minimum absolute atomic E-state index is 0.160. The van der Waals surface area contributed by atoms with E-state index in [4.69, 9.17) is 4.98 Å². The Balaban J connectivity index is 1.53. The third-order valence-electron chi connectivity index (χ3n) is 6.13. The minimum atomic E-state index is -0.160. The van der Waals surface area contributed by atoms with Crippen LogP contribution < -0.4 is 5.32 Å². The molecule has 1 amide bonds. The first-order valence-electron chi connectivity index (χ1n) is 10.4. The van der Waals surface area contributed by atoms with Crippen LogP contribution in [0.5, 0.6) is 0 Å². The van der Waals surface area contributed by atoms with Gasteiger partial charge in [-0.05, 0) is 55.3 Å². The van der Waals surface area contributed by atoms with Crippen molar-refractivity contribution in [3.8, 4) is 0 Å². The van der Waals surface area contributed by atoms with Crippen LogP contribution >= 0.6 is 0 Å². The van der Waals surface area contributed by atoms with E-state index in [1.165, 1.54) is 11.3 Å². The number of benzene rings is 3. The summed E-state index contributed by atoms with van der Waals surface area (Å²) in [5.74, 6) is 0.392. The highest BCUT2D eigenvalue weighted by atomic mass is 16.1. The highest BCUT2D eigenvalue weighted by Crippen LogP contribution is 2.26. The third-order valence-corrected chi connectivity index (χ3v) is 6.13. The maximum Gasteiger partial charge on any atom is 0.257 e. The van der Waals surface area contributed by atoms with Crippen LogP contribution in [0.15, 0.2) is 72.8 Å². The molecule has 2 aromatic heterocycles. The molecule has 0 bridgehead atoms. The first-order valence-corrected chi connectivity index (χ1v) is 10.4. The second-order valence-electron chi connectivity index (χ2n) is 7.95. The average molecular weight is 409 g/mol. The highest BCUT2D eigenvalue weighted by Gasteiger charge is 2.16. The number of nitrogens with zero attached hydrogens (tertiary/aromatic N) is 3. The van der Waals surface area contributed by atoms with Gasteiger partial charge in [-0.1, -0.05) is 42.5 Å². The van der Waals surface area contributed by atoms with Gasteiger partial charge in [0.05, 0.1) is 17.6 Å². The molecule has 1 N–H and O–H groups in total. The molecule has 31 heavy (non-hydrogen) atoms. The Kier molecular flexibility index (Phi) is 4.59. The third kappa shape index (κ3) is 3.28. The van der Waals surface area contributed by atoms with E-state index >= 15 is 0 Å².